The minimum absolute atomic E-state index is 0.372. The second-order valence-electron chi connectivity index (χ2n) is 6.23. The van der Waals surface area contributed by atoms with Crippen molar-refractivity contribution < 1.29 is 9.47 Å². The van der Waals surface area contributed by atoms with Gasteiger partial charge in [-0.25, -0.2) is 0 Å². The van der Waals surface area contributed by atoms with Crippen LogP contribution in [0.1, 0.15) is 24.0 Å². The van der Waals surface area contributed by atoms with Gasteiger partial charge in [-0.3, -0.25) is 4.90 Å². The van der Waals surface area contributed by atoms with Gasteiger partial charge in [-0.05, 0) is 62.7 Å². The SMILES string of the molecule is CN1CCC(N2CCc3cc4c(cc3C2)OCO4)CC1. The van der Waals surface area contributed by atoms with Crippen LogP contribution in [0, 0.1) is 0 Å². The summed E-state index contributed by atoms with van der Waals surface area (Å²) in [5.41, 5.74) is 2.87. The van der Waals surface area contributed by atoms with Crippen LogP contribution in [0.5, 0.6) is 11.5 Å². The molecule has 0 spiro atoms. The molecule has 0 unspecified atom stereocenters. The maximum absolute atomic E-state index is 5.51. The number of nitrogens with zero attached hydrogens (tertiary/aromatic N) is 2. The molecule has 0 amide bonds. The zero-order valence-corrected chi connectivity index (χ0v) is 12.1. The number of rotatable bonds is 1. The van der Waals surface area contributed by atoms with Gasteiger partial charge in [-0.1, -0.05) is 0 Å². The Labute approximate surface area is 120 Å². The van der Waals surface area contributed by atoms with Crippen LogP contribution in [-0.4, -0.2) is 49.3 Å². The van der Waals surface area contributed by atoms with Crippen LogP contribution >= 0.6 is 0 Å². The summed E-state index contributed by atoms with van der Waals surface area (Å²) in [5, 5.41) is 0. The Bertz CT molecular complexity index is 509. The molecule has 0 aromatic heterocycles. The van der Waals surface area contributed by atoms with Crippen molar-refractivity contribution in [2.45, 2.75) is 31.8 Å². The fourth-order valence-corrected chi connectivity index (χ4v) is 3.64. The molecule has 4 nitrogen and oxygen atoms in total. The molecule has 108 valence electrons. The van der Waals surface area contributed by atoms with Crippen molar-refractivity contribution in [2.24, 2.45) is 0 Å². The summed E-state index contributed by atoms with van der Waals surface area (Å²) in [6.45, 7) is 5.09. The molecule has 3 heterocycles. The van der Waals surface area contributed by atoms with Crippen LogP contribution in [-0.2, 0) is 13.0 Å². The lowest BCUT2D eigenvalue weighted by Gasteiger charge is -2.39. The minimum atomic E-state index is 0.372. The van der Waals surface area contributed by atoms with Gasteiger partial charge in [0.2, 0.25) is 6.79 Å². The molecule has 1 aromatic carbocycles. The number of hydrogen-bond donors (Lipinski definition) is 0. The Kier molecular flexibility index (Phi) is 3.08. The lowest BCUT2D eigenvalue weighted by atomic mass is 9.95. The summed E-state index contributed by atoms with van der Waals surface area (Å²) in [7, 11) is 2.22. The van der Waals surface area contributed by atoms with E-state index in [1.807, 2.05) is 0 Å². The lowest BCUT2D eigenvalue weighted by Crippen LogP contribution is -2.45. The largest absolute Gasteiger partial charge is 0.454 e. The van der Waals surface area contributed by atoms with Gasteiger partial charge in [0.25, 0.3) is 0 Å². The zero-order chi connectivity index (χ0) is 13.5. The third-order valence-corrected chi connectivity index (χ3v) is 4.94. The number of hydrogen-bond acceptors (Lipinski definition) is 4. The van der Waals surface area contributed by atoms with E-state index in [-0.39, 0.29) is 0 Å². The number of benzene rings is 1. The van der Waals surface area contributed by atoms with E-state index in [0.29, 0.717) is 6.79 Å². The first-order chi connectivity index (χ1) is 9.79. The van der Waals surface area contributed by atoms with Gasteiger partial charge in [0.05, 0.1) is 0 Å². The maximum atomic E-state index is 5.51. The van der Waals surface area contributed by atoms with Gasteiger partial charge in [-0.15, -0.1) is 0 Å². The Morgan fingerprint density at radius 2 is 1.70 bits per heavy atom. The second kappa shape index (κ2) is 4.93. The van der Waals surface area contributed by atoms with Crippen molar-refractivity contribution in [1.82, 2.24) is 9.80 Å². The van der Waals surface area contributed by atoms with Crippen molar-refractivity contribution in [3.63, 3.8) is 0 Å². The van der Waals surface area contributed by atoms with E-state index in [1.54, 1.807) is 0 Å². The standard InChI is InChI=1S/C16H22N2O2/c1-17-5-3-14(4-6-17)18-7-2-12-8-15-16(20-11-19-15)9-13(12)10-18/h8-9,14H,2-7,10-11H2,1H3. The molecule has 0 atom stereocenters. The van der Waals surface area contributed by atoms with E-state index < -0.39 is 0 Å². The predicted molar refractivity (Wildman–Crippen MR) is 77.2 cm³/mol. The van der Waals surface area contributed by atoms with Gasteiger partial charge in [-0.2, -0.15) is 0 Å². The van der Waals surface area contributed by atoms with Gasteiger partial charge in [0, 0.05) is 19.1 Å². The normalized spacial score (nSPS) is 23.9. The molecule has 20 heavy (non-hydrogen) atoms. The van der Waals surface area contributed by atoms with Gasteiger partial charge in [0.15, 0.2) is 11.5 Å². The molecule has 0 N–H and O–H groups in total. The molecular weight excluding hydrogens is 252 g/mol. The molecule has 1 aromatic rings. The van der Waals surface area contributed by atoms with Gasteiger partial charge < -0.3 is 14.4 Å². The van der Waals surface area contributed by atoms with E-state index >= 15 is 0 Å². The van der Waals surface area contributed by atoms with E-state index in [0.717, 1.165) is 30.5 Å². The fourth-order valence-electron chi connectivity index (χ4n) is 3.64. The summed E-state index contributed by atoms with van der Waals surface area (Å²) < 4.78 is 11.0. The summed E-state index contributed by atoms with van der Waals surface area (Å²) in [6, 6.07) is 5.13. The molecule has 1 fully saturated rings. The van der Waals surface area contributed by atoms with Crippen LogP contribution in [0.2, 0.25) is 0 Å². The highest BCUT2D eigenvalue weighted by Gasteiger charge is 2.28. The van der Waals surface area contributed by atoms with Crippen LogP contribution in [0.3, 0.4) is 0 Å². The smallest absolute Gasteiger partial charge is 0.231 e. The molecular formula is C16H22N2O2. The highest BCUT2D eigenvalue weighted by molar-refractivity contribution is 5.49. The fraction of sp³-hybridized carbons (Fsp3) is 0.625. The third kappa shape index (κ3) is 2.17. The first-order valence-electron chi connectivity index (χ1n) is 7.63. The molecule has 3 aliphatic heterocycles. The average molecular weight is 274 g/mol. The Morgan fingerprint density at radius 3 is 2.45 bits per heavy atom. The van der Waals surface area contributed by atoms with Crippen molar-refractivity contribution in [3.8, 4) is 11.5 Å². The summed E-state index contributed by atoms with van der Waals surface area (Å²) in [6.07, 6.45) is 3.74. The Hall–Kier alpha value is -1.26. The number of likely N-dealkylation sites (tertiary alicyclic amines) is 1. The Morgan fingerprint density at radius 1 is 1.00 bits per heavy atom. The number of piperidine rings is 1. The second-order valence-corrected chi connectivity index (χ2v) is 6.23. The molecule has 0 saturated carbocycles. The highest BCUT2D eigenvalue weighted by atomic mass is 16.7. The quantitative estimate of drug-likeness (QED) is 0.780. The summed E-state index contributed by atoms with van der Waals surface area (Å²) in [4.78, 5) is 5.10. The molecule has 0 radical (unpaired) electrons. The van der Waals surface area contributed by atoms with Crippen molar-refractivity contribution in [1.29, 1.82) is 0 Å². The van der Waals surface area contributed by atoms with E-state index in [1.165, 1.54) is 43.6 Å². The molecule has 3 aliphatic rings. The molecule has 0 aliphatic carbocycles. The number of fused-ring (bicyclic) bond motifs is 2. The monoisotopic (exact) mass is 274 g/mol. The average Bonchev–Trinajstić information content (AvgIpc) is 2.92. The minimum Gasteiger partial charge on any atom is -0.454 e. The third-order valence-electron chi connectivity index (χ3n) is 4.94. The maximum Gasteiger partial charge on any atom is 0.231 e. The lowest BCUT2D eigenvalue weighted by molar-refractivity contribution is 0.109. The number of ether oxygens (including phenoxy) is 2. The van der Waals surface area contributed by atoms with Crippen molar-refractivity contribution >= 4 is 0 Å². The zero-order valence-electron chi connectivity index (χ0n) is 12.1. The predicted octanol–water partition coefficient (Wildman–Crippen LogP) is 1.87. The first-order valence-corrected chi connectivity index (χ1v) is 7.63. The molecule has 0 bridgehead atoms. The van der Waals surface area contributed by atoms with Crippen LogP contribution in [0.25, 0.3) is 0 Å². The van der Waals surface area contributed by atoms with Gasteiger partial charge in [0.1, 0.15) is 0 Å². The Balaban J connectivity index is 1.51. The molecule has 4 rings (SSSR count). The summed E-state index contributed by atoms with van der Waals surface area (Å²) in [5.74, 6) is 1.85. The van der Waals surface area contributed by atoms with Crippen molar-refractivity contribution in [3.05, 3.63) is 23.3 Å². The highest BCUT2D eigenvalue weighted by Crippen LogP contribution is 2.37. The van der Waals surface area contributed by atoms with Crippen LogP contribution in [0.4, 0.5) is 0 Å². The van der Waals surface area contributed by atoms with Crippen molar-refractivity contribution in [2.75, 3.05) is 33.5 Å². The molecule has 4 heteroatoms. The van der Waals surface area contributed by atoms with Crippen LogP contribution < -0.4 is 9.47 Å². The van der Waals surface area contributed by atoms with E-state index in [2.05, 4.69) is 29.0 Å². The topological polar surface area (TPSA) is 24.9 Å². The van der Waals surface area contributed by atoms with Gasteiger partial charge >= 0.3 is 0 Å². The van der Waals surface area contributed by atoms with Crippen LogP contribution in [0.15, 0.2) is 12.1 Å². The summed E-state index contributed by atoms with van der Waals surface area (Å²) >= 11 is 0. The van der Waals surface area contributed by atoms with E-state index in [4.69, 9.17) is 9.47 Å². The molecule has 1 saturated heterocycles. The first kappa shape index (κ1) is 12.5. The van der Waals surface area contributed by atoms with E-state index in [9.17, 15) is 0 Å².